The van der Waals surface area contributed by atoms with Crippen LogP contribution in [0, 0.1) is 0 Å². The van der Waals surface area contributed by atoms with Gasteiger partial charge in [-0.05, 0) is 68.2 Å². The van der Waals surface area contributed by atoms with Gasteiger partial charge in [-0.15, -0.1) is 11.6 Å². The van der Waals surface area contributed by atoms with Crippen molar-refractivity contribution in [3.8, 4) is 5.75 Å². The van der Waals surface area contributed by atoms with Crippen molar-refractivity contribution >= 4 is 43.5 Å². The molecule has 0 radical (unpaired) electrons. The van der Waals surface area contributed by atoms with Crippen molar-refractivity contribution in [1.29, 1.82) is 0 Å². The van der Waals surface area contributed by atoms with E-state index in [-0.39, 0.29) is 5.50 Å². The van der Waals surface area contributed by atoms with Gasteiger partial charge in [0.05, 0.1) is 16.6 Å². The summed E-state index contributed by atoms with van der Waals surface area (Å²) in [6.07, 6.45) is 4.07. The number of hydrogen-bond donors (Lipinski definition) is 1. The van der Waals surface area contributed by atoms with Crippen molar-refractivity contribution in [2.45, 2.75) is 37.1 Å². The lowest BCUT2D eigenvalue weighted by molar-refractivity contribution is 0.354. The summed E-state index contributed by atoms with van der Waals surface area (Å²) in [4.78, 5) is 0. The average Bonchev–Trinajstić information content (AvgIpc) is 2.91. The fourth-order valence-electron chi connectivity index (χ4n) is 3.15. The average molecular weight is 396 g/mol. The molecule has 0 spiro atoms. The second-order valence-electron chi connectivity index (χ2n) is 4.91. The van der Waals surface area contributed by atoms with Crippen LogP contribution in [0.3, 0.4) is 0 Å². The number of alkyl halides is 1. The Bertz CT molecular complexity index is 504. The third kappa shape index (κ3) is 2.01. The van der Waals surface area contributed by atoms with Gasteiger partial charge in [-0.2, -0.15) is 0 Å². The highest BCUT2D eigenvalue weighted by Crippen LogP contribution is 2.51. The van der Waals surface area contributed by atoms with Gasteiger partial charge >= 0.3 is 0 Å². The number of rotatable bonds is 2. The van der Waals surface area contributed by atoms with Crippen molar-refractivity contribution in [2.75, 3.05) is 6.61 Å². The highest BCUT2D eigenvalue weighted by Gasteiger charge is 2.34. The number of benzene rings is 1. The van der Waals surface area contributed by atoms with Crippen molar-refractivity contribution < 1.29 is 4.74 Å². The minimum atomic E-state index is -0.263. The van der Waals surface area contributed by atoms with E-state index in [9.17, 15) is 0 Å². The Morgan fingerprint density at radius 2 is 2.06 bits per heavy atom. The summed E-state index contributed by atoms with van der Waals surface area (Å²) in [6.45, 7) is 0.774. The Balaban J connectivity index is 2.12. The van der Waals surface area contributed by atoms with Gasteiger partial charge in [0, 0.05) is 16.5 Å². The molecule has 18 heavy (non-hydrogen) atoms. The molecule has 0 fully saturated rings. The molecule has 1 heterocycles. The minimum absolute atomic E-state index is 0.263. The predicted molar refractivity (Wildman–Crippen MR) is 80.5 cm³/mol. The first-order valence-corrected chi connectivity index (χ1v) is 8.17. The Labute approximate surface area is 128 Å². The molecule has 2 nitrogen and oxygen atoms in total. The van der Waals surface area contributed by atoms with Crippen molar-refractivity contribution in [3.63, 3.8) is 0 Å². The number of fused-ring (bicyclic) bond motifs is 3. The molecule has 0 saturated heterocycles. The molecule has 1 aliphatic heterocycles. The van der Waals surface area contributed by atoms with Gasteiger partial charge in [-0.25, -0.2) is 0 Å². The molecule has 0 amide bonds. The lowest BCUT2D eigenvalue weighted by Crippen LogP contribution is -2.15. The van der Waals surface area contributed by atoms with Crippen LogP contribution in [0.5, 0.6) is 5.75 Å². The minimum Gasteiger partial charge on any atom is -0.492 e. The molecule has 2 N–H and O–H groups in total. The third-order valence-electron chi connectivity index (χ3n) is 3.84. The summed E-state index contributed by atoms with van der Waals surface area (Å²) >= 11 is 13.3. The zero-order valence-electron chi connectivity index (χ0n) is 9.81. The first kappa shape index (κ1) is 13.2. The third-order valence-corrected chi connectivity index (χ3v) is 6.18. The fraction of sp³-hybridized carbons (Fsp3) is 0.538. The number of hydrogen-bond acceptors (Lipinski definition) is 2. The van der Waals surface area contributed by atoms with Gasteiger partial charge < -0.3 is 10.5 Å². The second-order valence-corrected chi connectivity index (χ2v) is 7.06. The molecule has 98 valence electrons. The van der Waals surface area contributed by atoms with E-state index >= 15 is 0 Å². The number of halogens is 3. The molecule has 1 aliphatic carbocycles. The maximum absolute atomic E-state index is 5.97. The van der Waals surface area contributed by atoms with Gasteiger partial charge in [0.15, 0.2) is 0 Å². The summed E-state index contributed by atoms with van der Waals surface area (Å²) in [5, 5.41) is 0. The molecule has 5 heteroatoms. The standard InChI is InChI=1S/C13H14Br2ClNO/c14-11-7-2-1-6(5-9(16)17)10(7)8-3-4-18-13(8)12(11)15/h6,9H,1-5,17H2/t6-,9?/m0/s1. The Kier molecular flexibility index (Phi) is 3.65. The zero-order chi connectivity index (χ0) is 12.9. The molecule has 1 unspecified atom stereocenters. The highest BCUT2D eigenvalue weighted by molar-refractivity contribution is 9.13. The lowest BCUT2D eigenvalue weighted by atomic mass is 9.92. The van der Waals surface area contributed by atoms with Crippen LogP contribution >= 0.6 is 43.5 Å². The van der Waals surface area contributed by atoms with Crippen molar-refractivity contribution in [1.82, 2.24) is 0 Å². The smallest absolute Gasteiger partial charge is 0.138 e. The van der Waals surface area contributed by atoms with Crippen LogP contribution in [0.15, 0.2) is 8.95 Å². The van der Waals surface area contributed by atoms with E-state index in [1.165, 1.54) is 16.7 Å². The molecular weight excluding hydrogens is 381 g/mol. The van der Waals surface area contributed by atoms with Gasteiger partial charge in [-0.3, -0.25) is 0 Å². The number of nitrogens with two attached hydrogens (primary N) is 1. The topological polar surface area (TPSA) is 35.2 Å². The van der Waals surface area contributed by atoms with Crippen LogP contribution in [-0.2, 0) is 12.8 Å². The molecule has 0 aromatic heterocycles. The van der Waals surface area contributed by atoms with E-state index in [1.807, 2.05) is 0 Å². The quantitative estimate of drug-likeness (QED) is 0.605. The Morgan fingerprint density at radius 3 is 2.78 bits per heavy atom. The van der Waals surface area contributed by atoms with Gasteiger partial charge in [0.2, 0.25) is 0 Å². The normalized spacial score (nSPS) is 22.6. The predicted octanol–water partition coefficient (Wildman–Crippen LogP) is 4.09. The highest BCUT2D eigenvalue weighted by atomic mass is 79.9. The molecule has 3 rings (SSSR count). The summed E-state index contributed by atoms with van der Waals surface area (Å²) in [5.41, 5.74) is 9.70. The van der Waals surface area contributed by atoms with Crippen LogP contribution in [0.25, 0.3) is 0 Å². The van der Waals surface area contributed by atoms with E-state index < -0.39 is 0 Å². The van der Waals surface area contributed by atoms with E-state index in [0.29, 0.717) is 5.92 Å². The largest absolute Gasteiger partial charge is 0.492 e. The van der Waals surface area contributed by atoms with Crippen LogP contribution in [0.2, 0.25) is 0 Å². The fourth-order valence-corrected chi connectivity index (χ4v) is 4.55. The summed E-state index contributed by atoms with van der Waals surface area (Å²) in [7, 11) is 0. The van der Waals surface area contributed by atoms with Crippen molar-refractivity contribution in [2.24, 2.45) is 5.73 Å². The van der Waals surface area contributed by atoms with E-state index in [0.717, 1.165) is 47.0 Å². The van der Waals surface area contributed by atoms with E-state index in [2.05, 4.69) is 31.9 Å². The van der Waals surface area contributed by atoms with Crippen LogP contribution < -0.4 is 10.5 Å². The molecule has 2 atom stereocenters. The molecular formula is C13H14Br2ClNO. The van der Waals surface area contributed by atoms with Crippen LogP contribution in [0.1, 0.15) is 35.4 Å². The molecule has 2 aliphatic rings. The summed E-state index contributed by atoms with van der Waals surface area (Å²) in [5.74, 6) is 1.49. The van der Waals surface area contributed by atoms with Gasteiger partial charge in [-0.1, -0.05) is 0 Å². The van der Waals surface area contributed by atoms with E-state index in [4.69, 9.17) is 22.1 Å². The molecule has 1 aromatic carbocycles. The first-order valence-electron chi connectivity index (χ1n) is 6.14. The second kappa shape index (κ2) is 4.97. The summed E-state index contributed by atoms with van der Waals surface area (Å²) < 4.78 is 7.95. The molecule has 0 bridgehead atoms. The van der Waals surface area contributed by atoms with Crippen molar-refractivity contribution in [3.05, 3.63) is 25.6 Å². The maximum atomic E-state index is 5.97. The van der Waals surface area contributed by atoms with Gasteiger partial charge in [0.1, 0.15) is 5.75 Å². The molecule has 0 saturated carbocycles. The van der Waals surface area contributed by atoms with Gasteiger partial charge in [0.25, 0.3) is 0 Å². The van der Waals surface area contributed by atoms with Crippen LogP contribution in [0.4, 0.5) is 0 Å². The van der Waals surface area contributed by atoms with E-state index in [1.54, 1.807) is 0 Å². The maximum Gasteiger partial charge on any atom is 0.138 e. The zero-order valence-corrected chi connectivity index (χ0v) is 13.7. The molecule has 1 aromatic rings. The first-order chi connectivity index (χ1) is 8.59. The Hall–Kier alpha value is 0.230. The Morgan fingerprint density at radius 1 is 1.28 bits per heavy atom. The monoisotopic (exact) mass is 393 g/mol. The van der Waals surface area contributed by atoms with Crippen LogP contribution in [-0.4, -0.2) is 12.1 Å². The summed E-state index contributed by atoms with van der Waals surface area (Å²) in [6, 6.07) is 0. The number of ether oxygens (including phenoxy) is 1. The SMILES string of the molecule is NC(Cl)C[C@@H]1CCc2c(Br)c(Br)c3c(c21)CCO3. The lowest BCUT2D eigenvalue weighted by Gasteiger charge is -2.17.